The smallest absolute Gasteiger partial charge is 0.672 e. The van der Waals surface area contributed by atoms with Gasteiger partial charge >= 0.3 is 46.1 Å². The van der Waals surface area contributed by atoms with E-state index < -0.39 is 70.2 Å². The summed E-state index contributed by atoms with van der Waals surface area (Å²) in [6, 6.07) is 0. The largest absolute Gasteiger partial charge is 2.00 e. The van der Waals surface area contributed by atoms with E-state index in [2.05, 4.69) is 132 Å². The van der Waals surface area contributed by atoms with Gasteiger partial charge in [0.15, 0.2) is 0 Å². The first-order valence-electron chi connectivity index (χ1n) is 20.2. The molecule has 52 heavy (non-hydrogen) atoms. The molecule has 0 spiro atoms. The fraction of sp³-hybridized carbons (Fsp3) is 1.00. The van der Waals surface area contributed by atoms with Crippen LogP contribution in [0, 0.1) is 0 Å². The summed E-state index contributed by atoms with van der Waals surface area (Å²) >= 11 is 0. The number of rotatable bonds is 8. The average molecular weight is 894 g/mol. The summed E-state index contributed by atoms with van der Waals surface area (Å²) < 4.78 is 38.3. The maximum Gasteiger partial charge on any atom is 2.00 e. The third kappa shape index (κ3) is 85.2. The second-order valence-corrected chi connectivity index (χ2v) is 43.0. The Morgan fingerprint density at radius 3 is 0.462 bits per heavy atom. The van der Waals surface area contributed by atoms with Crippen LogP contribution in [0.2, 0.25) is 118 Å². The van der Waals surface area contributed by atoms with Gasteiger partial charge in [-0.1, -0.05) is 188 Å². The molecular weight excluding hydrogens is 802 g/mol. The number of nitrogens with zero attached hydrogens (tertiary/aromatic N) is 4. The Kier molecular flexibility index (Phi) is 59.9. The summed E-state index contributed by atoms with van der Waals surface area (Å²) in [7, 11) is -5.46. The van der Waals surface area contributed by atoms with Crippen molar-refractivity contribution in [2.45, 2.75) is 169 Å². The molecule has 0 amide bonds. The zero-order valence-corrected chi connectivity index (χ0v) is 50.4. The van der Waals surface area contributed by atoms with Gasteiger partial charge in [-0.2, -0.15) is 0 Å². The molecule has 4 fully saturated rings. The monoisotopic (exact) mass is 892 g/mol. The van der Waals surface area contributed by atoms with Crippen LogP contribution >= 0.6 is 0 Å². The van der Waals surface area contributed by atoms with Crippen LogP contribution in [0.5, 0.6) is 0 Å². The minimum atomic E-state index is -1.11. The molecule has 4 aliphatic heterocycles. The predicted molar refractivity (Wildman–Crippen MR) is 265 cm³/mol. The molecule has 0 aliphatic carbocycles. The average Bonchev–Trinajstić information content (AvgIpc) is 3.79. The second kappa shape index (κ2) is 46.6. The van der Waals surface area contributed by atoms with Crippen molar-refractivity contribution in [3.63, 3.8) is 0 Å². The summed E-state index contributed by atoms with van der Waals surface area (Å²) in [5, 5.41) is 0. The molecule has 8 nitrogen and oxygen atoms in total. The van der Waals surface area contributed by atoms with Gasteiger partial charge in [0.05, 0.1) is 0 Å². The SMILES string of the molecule is C1CCOC1.C1CCOC1.C1CCOC1.C1CCOC1.C[SiH](C)[N-][SiH](C)C.C[SiH](C)[N-][SiH](C)C.C[SiH](C)[N-][SiH](C)C.C[Si](C)(C)[N-][Si](C)(C)C.[Mg+2].[Mg+2]. The van der Waals surface area contributed by atoms with Gasteiger partial charge in [-0.25, -0.2) is 0 Å². The number of hydrogen-bond donors (Lipinski definition) is 0. The molecular formula is C34H92Mg2N4O4Si8. The van der Waals surface area contributed by atoms with Crippen molar-refractivity contribution >= 4 is 116 Å². The minimum Gasteiger partial charge on any atom is -0.672 e. The molecule has 0 saturated carbocycles. The van der Waals surface area contributed by atoms with E-state index in [1.807, 2.05) is 0 Å². The predicted octanol–water partition coefficient (Wildman–Crippen LogP) is 9.44. The van der Waals surface area contributed by atoms with Gasteiger partial charge in [0.25, 0.3) is 0 Å². The summed E-state index contributed by atoms with van der Waals surface area (Å²) in [6.45, 7) is 49.0. The first-order valence-corrected chi connectivity index (χ1v) is 44.1. The van der Waals surface area contributed by atoms with Crippen molar-refractivity contribution in [2.75, 3.05) is 52.9 Å². The van der Waals surface area contributed by atoms with Crippen LogP contribution in [-0.2, 0) is 18.9 Å². The van der Waals surface area contributed by atoms with Gasteiger partial charge in [0.2, 0.25) is 0 Å². The molecule has 0 aromatic carbocycles. The first-order chi connectivity index (χ1) is 23.1. The molecule has 0 radical (unpaired) electrons. The maximum atomic E-state index is 4.94. The van der Waals surface area contributed by atoms with Crippen molar-refractivity contribution < 1.29 is 18.9 Å². The van der Waals surface area contributed by atoms with Crippen molar-refractivity contribution in [1.82, 2.24) is 0 Å². The summed E-state index contributed by atoms with van der Waals surface area (Å²) in [4.78, 5) is 0. The van der Waals surface area contributed by atoms with Crippen LogP contribution in [0.4, 0.5) is 0 Å². The maximum absolute atomic E-state index is 4.94. The molecule has 4 saturated heterocycles. The topological polar surface area (TPSA) is 93.3 Å². The third-order valence-electron chi connectivity index (χ3n) is 5.77. The number of hydrogen-bond acceptors (Lipinski definition) is 4. The van der Waals surface area contributed by atoms with Gasteiger partial charge in [-0.05, 0) is 51.4 Å². The van der Waals surface area contributed by atoms with Crippen molar-refractivity contribution in [2.24, 2.45) is 0 Å². The van der Waals surface area contributed by atoms with E-state index >= 15 is 0 Å². The zero-order chi connectivity index (χ0) is 39.4. The van der Waals surface area contributed by atoms with E-state index in [1.165, 1.54) is 51.4 Å². The van der Waals surface area contributed by atoms with Gasteiger partial charge in [0.1, 0.15) is 0 Å². The van der Waals surface area contributed by atoms with Gasteiger partial charge in [0, 0.05) is 52.9 Å². The summed E-state index contributed by atoms with van der Waals surface area (Å²) in [5.41, 5.74) is 0. The van der Waals surface area contributed by atoms with Gasteiger partial charge < -0.3 is 37.5 Å². The van der Waals surface area contributed by atoms with E-state index in [0.29, 0.717) is 0 Å². The first kappa shape index (κ1) is 66.7. The van der Waals surface area contributed by atoms with E-state index in [0.717, 1.165) is 52.9 Å². The fourth-order valence-corrected chi connectivity index (χ4v) is 27.2. The van der Waals surface area contributed by atoms with Crippen molar-refractivity contribution in [3.8, 4) is 0 Å². The molecule has 0 atom stereocenters. The van der Waals surface area contributed by atoms with Crippen LogP contribution in [0.25, 0.3) is 18.6 Å². The van der Waals surface area contributed by atoms with Crippen LogP contribution < -0.4 is 0 Å². The second-order valence-electron chi connectivity index (χ2n) is 16.7. The number of ether oxygens (including phenoxy) is 4. The standard InChI is InChI=1S/C6H18NSi2.3C4H14NSi2.4C4H8O.2Mg/c1-8(2,3)7-9(4,5)6;3*1-6(2)5-7(3)4;4*1-2-4-5-3-1;;/h1-6H3;3*6-7H,1-4H3;4*1-4H2;;/q4*-1;;;;;2*+2. The Hall–Kier alpha value is 2.95. The van der Waals surface area contributed by atoms with E-state index in [-0.39, 0.29) is 46.1 Å². The Bertz CT molecular complexity index is 522. The molecule has 0 aromatic rings. The minimum absolute atomic E-state index is 0. The molecule has 4 heterocycles. The summed E-state index contributed by atoms with van der Waals surface area (Å²) in [5.74, 6) is 0. The molecule has 4 aliphatic rings. The molecule has 4 rings (SSSR count). The molecule has 0 N–H and O–H groups in total. The molecule has 0 aromatic heterocycles. The molecule has 308 valence electrons. The van der Waals surface area contributed by atoms with E-state index in [4.69, 9.17) is 23.6 Å². The summed E-state index contributed by atoms with van der Waals surface area (Å²) in [6.07, 6.45) is 10.2. The molecule has 0 unspecified atom stereocenters. The van der Waals surface area contributed by atoms with Crippen molar-refractivity contribution in [3.05, 3.63) is 18.6 Å². The van der Waals surface area contributed by atoms with Gasteiger partial charge in [-0.15, -0.1) is 0 Å². The Morgan fingerprint density at radius 1 is 0.308 bits per heavy atom. The van der Waals surface area contributed by atoms with Crippen LogP contribution in [0.1, 0.15) is 51.4 Å². The van der Waals surface area contributed by atoms with Crippen molar-refractivity contribution in [1.29, 1.82) is 0 Å². The third-order valence-corrected chi connectivity index (χ3v) is 25.4. The van der Waals surface area contributed by atoms with E-state index in [9.17, 15) is 0 Å². The van der Waals surface area contributed by atoms with Gasteiger partial charge in [-0.3, -0.25) is 0 Å². The quantitative estimate of drug-likeness (QED) is 0.227. The Balaban J connectivity index is -0.000000116. The van der Waals surface area contributed by atoms with Crippen LogP contribution in [0.3, 0.4) is 0 Å². The Labute approximate surface area is 372 Å². The van der Waals surface area contributed by atoms with Crippen LogP contribution in [0.15, 0.2) is 0 Å². The zero-order valence-electron chi connectivity index (χ0n) is 38.6. The molecule has 0 bridgehead atoms. The van der Waals surface area contributed by atoms with E-state index in [1.54, 1.807) is 0 Å². The Morgan fingerprint density at radius 2 is 0.442 bits per heavy atom. The molecule has 18 heteroatoms. The fourth-order valence-electron chi connectivity index (χ4n) is 4.84. The van der Waals surface area contributed by atoms with Crippen LogP contribution in [-0.4, -0.2) is 169 Å². The normalized spacial score (nSPS) is 16.2.